The van der Waals surface area contributed by atoms with E-state index in [2.05, 4.69) is 4.74 Å². The molecule has 10 nitrogen and oxygen atoms in total. The van der Waals surface area contributed by atoms with Crippen molar-refractivity contribution >= 4 is 58.5 Å². The minimum Gasteiger partial charge on any atom is -0.508 e. The zero-order valence-electron chi connectivity index (χ0n) is 26.6. The first-order valence-corrected chi connectivity index (χ1v) is 16.6. The number of hydrogen-bond donors (Lipinski definition) is 2. The molecular formula is C33H24Cl2F8N2O8. The molecule has 4 amide bonds. The van der Waals surface area contributed by atoms with Crippen molar-refractivity contribution in [3.63, 3.8) is 0 Å². The molecule has 6 atom stereocenters. The van der Waals surface area contributed by atoms with E-state index in [1.165, 1.54) is 6.08 Å². The van der Waals surface area contributed by atoms with E-state index in [1.807, 2.05) is 0 Å². The Balaban J connectivity index is 1.51. The number of anilines is 1. The summed E-state index contributed by atoms with van der Waals surface area (Å²) in [6.45, 7) is -0.149. The molecule has 2 aromatic carbocycles. The molecule has 284 valence electrons. The smallest absolute Gasteiger partial charge is 0.508 e. The molecule has 0 aromatic heterocycles. The lowest BCUT2D eigenvalue weighted by molar-refractivity contribution is -0.274. The maximum Gasteiger partial charge on any atom is 0.573 e. The first-order valence-electron chi connectivity index (χ1n) is 15.8. The number of halogens is 10. The number of amides is 4. The molecule has 20 heteroatoms. The molecule has 0 bridgehead atoms. The van der Waals surface area contributed by atoms with Crippen molar-refractivity contribution in [2.75, 3.05) is 11.4 Å². The Morgan fingerprint density at radius 2 is 1.51 bits per heavy atom. The van der Waals surface area contributed by atoms with Gasteiger partial charge in [0, 0.05) is 24.4 Å². The second kappa shape index (κ2) is 13.1. The Hall–Kier alpha value is -4.45. The highest BCUT2D eigenvalue weighted by Gasteiger charge is 2.77. The topological polar surface area (TPSA) is 142 Å². The number of unbranched alkanes of at least 4 members (excludes halogenated alkanes) is 2. The van der Waals surface area contributed by atoms with Gasteiger partial charge >= 0.3 is 12.3 Å². The maximum absolute atomic E-state index is 15.2. The number of carbonyl (C=O) groups is 5. The fraction of sp³-hybridized carbons (Fsp3) is 0.424. The molecule has 2 N–H and O–H groups in total. The largest absolute Gasteiger partial charge is 0.573 e. The second-order valence-corrected chi connectivity index (χ2v) is 14.2. The van der Waals surface area contributed by atoms with Gasteiger partial charge in [0.15, 0.2) is 33.0 Å². The van der Waals surface area contributed by atoms with Crippen molar-refractivity contribution in [1.82, 2.24) is 4.90 Å². The molecule has 0 unspecified atom stereocenters. The van der Waals surface area contributed by atoms with Gasteiger partial charge in [-0.25, -0.2) is 26.9 Å². The fourth-order valence-corrected chi connectivity index (χ4v) is 8.81. The van der Waals surface area contributed by atoms with Crippen molar-refractivity contribution in [3.05, 3.63) is 64.5 Å². The number of carboxylic acids is 1. The highest BCUT2D eigenvalue weighted by Crippen LogP contribution is 2.67. The average molecular weight is 799 g/mol. The minimum atomic E-state index is -5.30. The molecule has 2 saturated heterocycles. The van der Waals surface area contributed by atoms with Crippen LogP contribution in [0.3, 0.4) is 0 Å². The van der Waals surface area contributed by atoms with Gasteiger partial charge in [-0.1, -0.05) is 18.1 Å². The van der Waals surface area contributed by atoms with E-state index in [-0.39, 0.29) is 37.8 Å². The van der Waals surface area contributed by atoms with Crippen LogP contribution in [0.1, 0.15) is 50.0 Å². The summed E-state index contributed by atoms with van der Waals surface area (Å²) in [5.41, 5.74) is -2.84. The monoisotopic (exact) mass is 798 g/mol. The Morgan fingerprint density at radius 1 is 0.887 bits per heavy atom. The first-order chi connectivity index (χ1) is 24.7. The zero-order valence-corrected chi connectivity index (χ0v) is 28.1. The van der Waals surface area contributed by atoms with Crippen molar-refractivity contribution in [2.45, 2.75) is 60.6 Å². The van der Waals surface area contributed by atoms with Crippen LogP contribution in [0.5, 0.6) is 11.5 Å². The van der Waals surface area contributed by atoms with Gasteiger partial charge in [-0.05, 0) is 49.8 Å². The third-order valence-corrected chi connectivity index (χ3v) is 11.5. The highest BCUT2D eigenvalue weighted by molar-refractivity contribution is 6.58. The number of allylic oxidation sites excluding steroid dienone is 2. The predicted octanol–water partition coefficient (Wildman–Crippen LogP) is 6.19. The van der Waals surface area contributed by atoms with E-state index in [9.17, 15) is 55.4 Å². The van der Waals surface area contributed by atoms with Crippen LogP contribution in [0.4, 0.5) is 40.8 Å². The van der Waals surface area contributed by atoms with Crippen molar-refractivity contribution in [3.8, 4) is 11.5 Å². The number of benzene rings is 2. The summed E-state index contributed by atoms with van der Waals surface area (Å²) in [4.78, 5) is 61.2. The number of ether oxygens (including phenoxy) is 1. The molecule has 0 radical (unpaired) electrons. The summed E-state index contributed by atoms with van der Waals surface area (Å²) in [5, 5.41) is 19.9. The normalized spacial score (nSPS) is 28.2. The summed E-state index contributed by atoms with van der Waals surface area (Å²) in [7, 11) is 0. The predicted molar refractivity (Wildman–Crippen MR) is 164 cm³/mol. The standard InChI is InChI=1S/C33H24Cl2F8N2O8/c34-31-11-16-13(6-7-14-19(16)28(50)44(27(14)49)9-3-1-2-4-18(47)48)20(15-10-12(5-8-17(15)46)53-33(41,42)43)32(31,35)30(52)45(29(31)51)26-24(39)22(37)21(36)23(38)25(26)40/h5-6,8,10,14,16,19-20,46H,1-4,7,9,11H2,(H,47,48)/t14-,16+,19-,20+,31+,32-/m0/s1. The van der Waals surface area contributed by atoms with Gasteiger partial charge in [0.05, 0.1) is 11.8 Å². The van der Waals surface area contributed by atoms with Crippen LogP contribution in [-0.4, -0.2) is 67.4 Å². The van der Waals surface area contributed by atoms with Crippen molar-refractivity contribution < 1.29 is 74.0 Å². The summed E-state index contributed by atoms with van der Waals surface area (Å²) in [5.74, 6) is -27.0. The van der Waals surface area contributed by atoms with Crippen LogP contribution >= 0.6 is 23.2 Å². The molecule has 4 aliphatic rings. The quantitative estimate of drug-likeness (QED) is 0.0582. The number of likely N-dealkylation sites (tertiary alicyclic amines) is 1. The van der Waals surface area contributed by atoms with E-state index in [0.29, 0.717) is 24.6 Å². The molecule has 3 fully saturated rings. The third-order valence-electron chi connectivity index (χ3n) is 10.1. The van der Waals surface area contributed by atoms with E-state index in [4.69, 9.17) is 28.3 Å². The van der Waals surface area contributed by atoms with E-state index < -0.39 is 133 Å². The second-order valence-electron chi connectivity index (χ2n) is 13.0. The fourth-order valence-electron chi connectivity index (χ4n) is 7.88. The van der Waals surface area contributed by atoms with Gasteiger partial charge in [0.2, 0.25) is 17.6 Å². The van der Waals surface area contributed by atoms with Gasteiger partial charge in [-0.2, -0.15) is 0 Å². The number of phenols is 1. The molecule has 2 aromatic rings. The molecular weight excluding hydrogens is 775 g/mol. The summed E-state index contributed by atoms with van der Waals surface area (Å²) >= 11 is 13.9. The van der Waals surface area contributed by atoms with E-state index >= 15 is 8.78 Å². The van der Waals surface area contributed by atoms with E-state index in [0.717, 1.165) is 4.90 Å². The molecule has 6 rings (SSSR count). The lowest BCUT2D eigenvalue weighted by Gasteiger charge is -2.50. The highest BCUT2D eigenvalue weighted by atomic mass is 35.5. The third kappa shape index (κ3) is 5.79. The van der Waals surface area contributed by atoms with E-state index in [1.54, 1.807) is 0 Å². The summed E-state index contributed by atoms with van der Waals surface area (Å²) < 4.78 is 117. The molecule has 2 aliphatic carbocycles. The van der Waals surface area contributed by atoms with Gasteiger partial charge < -0.3 is 14.9 Å². The van der Waals surface area contributed by atoms with Gasteiger partial charge in [-0.3, -0.25) is 28.9 Å². The number of carbonyl (C=O) groups excluding carboxylic acids is 4. The Bertz CT molecular complexity index is 1980. The van der Waals surface area contributed by atoms with Crippen molar-refractivity contribution in [1.29, 1.82) is 0 Å². The van der Waals surface area contributed by atoms with Crippen LogP contribution in [0.2, 0.25) is 0 Å². The van der Waals surface area contributed by atoms with Crippen molar-refractivity contribution in [2.24, 2.45) is 17.8 Å². The Labute approximate surface area is 302 Å². The SMILES string of the molecule is O=C(O)CCCCCN1C(=O)[C@H]2[C@H](CC=C3[C@H]2C[C@@]2(Cl)C(=O)N(c4c(F)c(F)c(F)c(F)c4F)C(=O)[C@@]2(Cl)[C@H]3c2cc(OC(F)(F)F)ccc2O)C1=O. The van der Waals surface area contributed by atoms with Gasteiger partial charge in [0.25, 0.3) is 11.8 Å². The number of rotatable bonds is 9. The van der Waals surface area contributed by atoms with Crippen LogP contribution in [0.15, 0.2) is 29.8 Å². The van der Waals surface area contributed by atoms with Gasteiger partial charge in [-0.15, -0.1) is 36.4 Å². The molecule has 0 spiro atoms. The number of carboxylic acid groups (broad SMARTS) is 1. The number of alkyl halides is 5. The molecule has 2 aliphatic heterocycles. The number of aliphatic carboxylic acids is 1. The number of hydrogen-bond acceptors (Lipinski definition) is 7. The molecule has 2 heterocycles. The first kappa shape index (κ1) is 38.3. The number of imide groups is 2. The lowest BCUT2D eigenvalue weighted by atomic mass is 9.56. The van der Waals surface area contributed by atoms with Crippen LogP contribution in [-0.2, 0) is 24.0 Å². The summed E-state index contributed by atoms with van der Waals surface area (Å²) in [6, 6.07) is 1.94. The van der Waals surface area contributed by atoms with Crippen LogP contribution in [0.25, 0.3) is 0 Å². The van der Waals surface area contributed by atoms with Gasteiger partial charge in [0.1, 0.15) is 17.2 Å². The molecule has 53 heavy (non-hydrogen) atoms. The molecule has 1 saturated carbocycles. The van der Waals surface area contributed by atoms with Crippen LogP contribution < -0.4 is 9.64 Å². The number of phenolic OH excluding ortho intramolecular Hbond substituents is 1. The average Bonchev–Trinajstić information content (AvgIpc) is 3.41. The Morgan fingerprint density at radius 3 is 2.11 bits per heavy atom. The lowest BCUT2D eigenvalue weighted by Crippen LogP contribution is -2.60. The maximum atomic E-state index is 15.2. The minimum absolute atomic E-state index is 0.109. The summed E-state index contributed by atoms with van der Waals surface area (Å²) in [6.07, 6.45) is -4.55. The zero-order chi connectivity index (χ0) is 39.1. The number of fused-ring (bicyclic) bond motifs is 4. The number of nitrogens with zero attached hydrogens (tertiary/aromatic N) is 2. The number of aromatic hydroxyl groups is 1. The Kier molecular flexibility index (Phi) is 9.49. The van der Waals surface area contributed by atoms with Crippen LogP contribution in [0, 0.1) is 46.8 Å².